The van der Waals surface area contributed by atoms with E-state index in [2.05, 4.69) is 4.90 Å². The van der Waals surface area contributed by atoms with E-state index in [-0.39, 0.29) is 12.1 Å². The van der Waals surface area contributed by atoms with Gasteiger partial charge in [0.15, 0.2) is 0 Å². The number of rotatable bonds is 16. The minimum Gasteiger partial charge on any atom is -0.391 e. The van der Waals surface area contributed by atoms with Crippen molar-refractivity contribution >= 4 is 8.80 Å². The molecular weight excluding hydrogens is 378 g/mol. The maximum absolute atomic E-state index is 10.6. The molecule has 1 aliphatic carbocycles. The summed E-state index contributed by atoms with van der Waals surface area (Å²) in [5.41, 5.74) is 0. The Hall–Kier alpha value is -0.0631. The van der Waals surface area contributed by atoms with Crippen LogP contribution in [-0.4, -0.2) is 91.3 Å². The van der Waals surface area contributed by atoms with Gasteiger partial charge < -0.3 is 27.9 Å². The summed E-state index contributed by atoms with van der Waals surface area (Å²) in [5, 5.41) is 10.6. The van der Waals surface area contributed by atoms with Crippen LogP contribution < -0.4 is 0 Å². The molecule has 0 aromatic heterocycles. The predicted molar refractivity (Wildman–Crippen MR) is 113 cm³/mol. The average Bonchev–Trinajstić information content (AvgIpc) is 2.68. The van der Waals surface area contributed by atoms with Crippen LogP contribution in [0.25, 0.3) is 0 Å². The Bertz CT molecular complexity index is 365. The minimum atomic E-state index is -2.60. The van der Waals surface area contributed by atoms with Gasteiger partial charge in [0, 0.05) is 59.2 Å². The smallest absolute Gasteiger partial charge is 0.391 e. The Morgan fingerprint density at radius 1 is 0.893 bits per heavy atom. The van der Waals surface area contributed by atoms with Gasteiger partial charge in [0.1, 0.15) is 0 Å². The molecular formula is C20H43NO6Si. The first-order chi connectivity index (χ1) is 13.6. The summed E-state index contributed by atoms with van der Waals surface area (Å²) in [6.07, 6.45) is 3.56. The van der Waals surface area contributed by atoms with Gasteiger partial charge in [0.2, 0.25) is 0 Å². The maximum atomic E-state index is 10.6. The van der Waals surface area contributed by atoms with Gasteiger partial charge >= 0.3 is 8.80 Å². The number of hydrogen-bond acceptors (Lipinski definition) is 7. The summed E-state index contributed by atoms with van der Waals surface area (Å²) in [6, 6.07) is 0.984. The van der Waals surface area contributed by atoms with Crippen molar-refractivity contribution in [3.63, 3.8) is 0 Å². The monoisotopic (exact) mass is 421 g/mol. The van der Waals surface area contributed by atoms with E-state index in [0.29, 0.717) is 39.0 Å². The fourth-order valence-corrected chi connectivity index (χ4v) is 6.88. The van der Waals surface area contributed by atoms with E-state index >= 15 is 0 Å². The molecule has 0 aliphatic heterocycles. The van der Waals surface area contributed by atoms with E-state index in [4.69, 9.17) is 22.8 Å². The fourth-order valence-electron chi connectivity index (χ4n) is 4.11. The molecule has 0 heterocycles. The average molecular weight is 422 g/mol. The highest BCUT2D eigenvalue weighted by Crippen LogP contribution is 2.33. The molecule has 1 saturated carbocycles. The Kier molecular flexibility index (Phi) is 13.8. The second kappa shape index (κ2) is 14.8. The van der Waals surface area contributed by atoms with E-state index < -0.39 is 8.80 Å². The second-order valence-corrected chi connectivity index (χ2v) is 10.1. The van der Waals surface area contributed by atoms with E-state index in [1.54, 1.807) is 14.2 Å². The van der Waals surface area contributed by atoms with Crippen molar-refractivity contribution in [1.82, 2.24) is 4.90 Å². The molecule has 0 amide bonds. The van der Waals surface area contributed by atoms with Gasteiger partial charge in [0.25, 0.3) is 0 Å². The third kappa shape index (κ3) is 8.75. The Labute approximate surface area is 173 Å². The van der Waals surface area contributed by atoms with E-state index in [0.717, 1.165) is 44.8 Å². The molecule has 3 atom stereocenters. The van der Waals surface area contributed by atoms with Crippen LogP contribution in [0.15, 0.2) is 0 Å². The zero-order valence-corrected chi connectivity index (χ0v) is 19.7. The first kappa shape index (κ1) is 26.0. The maximum Gasteiger partial charge on any atom is 0.500 e. The molecule has 1 rings (SSSR count). The van der Waals surface area contributed by atoms with Crippen LogP contribution in [0.2, 0.25) is 6.04 Å². The first-order valence-electron chi connectivity index (χ1n) is 10.9. The Morgan fingerprint density at radius 2 is 1.43 bits per heavy atom. The standard InChI is InChI=1S/C20H43NO6Si/c1-6-25-28(26-7-2,27-8-3)16-11-18-9-10-20(22)19(17-18)21(12-14-23-4)13-15-24-5/h18-20,22H,6-17H2,1-5H3. The third-order valence-corrected chi connectivity index (χ3v) is 8.56. The van der Waals surface area contributed by atoms with Crippen LogP contribution in [0.1, 0.15) is 46.5 Å². The molecule has 1 aliphatic rings. The highest BCUT2D eigenvalue weighted by Gasteiger charge is 2.42. The van der Waals surface area contributed by atoms with Crippen molar-refractivity contribution in [2.75, 3.05) is 60.3 Å². The van der Waals surface area contributed by atoms with Gasteiger partial charge in [-0.15, -0.1) is 0 Å². The number of hydrogen-bond donors (Lipinski definition) is 1. The molecule has 1 fully saturated rings. The molecule has 0 aromatic rings. The zero-order valence-electron chi connectivity index (χ0n) is 18.7. The Morgan fingerprint density at radius 3 is 1.89 bits per heavy atom. The van der Waals surface area contributed by atoms with Crippen LogP contribution >= 0.6 is 0 Å². The van der Waals surface area contributed by atoms with Gasteiger partial charge in [-0.1, -0.05) is 0 Å². The number of aliphatic hydroxyl groups excluding tert-OH is 1. The molecule has 0 bridgehead atoms. The normalized spacial score (nSPS) is 23.5. The summed E-state index contributed by atoms with van der Waals surface area (Å²) < 4.78 is 28.6. The lowest BCUT2D eigenvalue weighted by Crippen LogP contribution is -2.50. The van der Waals surface area contributed by atoms with Crippen molar-refractivity contribution in [3.05, 3.63) is 0 Å². The lowest BCUT2D eigenvalue weighted by Gasteiger charge is -2.41. The second-order valence-electron chi connectivity index (χ2n) is 7.36. The third-order valence-electron chi connectivity index (χ3n) is 5.48. The molecule has 28 heavy (non-hydrogen) atoms. The molecule has 1 N–H and O–H groups in total. The van der Waals surface area contributed by atoms with Gasteiger partial charge in [-0.25, -0.2) is 0 Å². The van der Waals surface area contributed by atoms with Crippen molar-refractivity contribution in [1.29, 1.82) is 0 Å². The molecule has 8 heteroatoms. The van der Waals surface area contributed by atoms with E-state index in [1.807, 2.05) is 20.8 Å². The van der Waals surface area contributed by atoms with Gasteiger partial charge in [-0.05, 0) is 52.4 Å². The molecule has 168 valence electrons. The highest BCUT2D eigenvalue weighted by molar-refractivity contribution is 6.60. The van der Waals surface area contributed by atoms with Crippen LogP contribution in [0.5, 0.6) is 0 Å². The van der Waals surface area contributed by atoms with Crippen LogP contribution in [0, 0.1) is 5.92 Å². The number of ether oxygens (including phenoxy) is 2. The quantitative estimate of drug-likeness (QED) is 0.384. The minimum absolute atomic E-state index is 0.145. The van der Waals surface area contributed by atoms with Gasteiger partial charge in [-0.3, -0.25) is 4.90 Å². The molecule has 0 radical (unpaired) electrons. The van der Waals surface area contributed by atoms with Crippen molar-refractivity contribution in [3.8, 4) is 0 Å². The molecule has 0 aromatic carbocycles. The molecule has 0 saturated heterocycles. The highest BCUT2D eigenvalue weighted by atomic mass is 28.4. The summed E-state index contributed by atoms with van der Waals surface area (Å²) in [6.45, 7) is 10.8. The number of aliphatic hydroxyl groups is 1. The molecule has 3 unspecified atom stereocenters. The first-order valence-corrected chi connectivity index (χ1v) is 12.8. The summed E-state index contributed by atoms with van der Waals surface area (Å²) in [7, 11) is 0.829. The van der Waals surface area contributed by atoms with Crippen LogP contribution in [0.4, 0.5) is 0 Å². The predicted octanol–water partition coefficient (Wildman–Crippen LogP) is 2.55. The zero-order chi connectivity index (χ0) is 20.8. The summed E-state index contributed by atoms with van der Waals surface area (Å²) in [5.74, 6) is 0.536. The van der Waals surface area contributed by atoms with Crippen molar-refractivity contribution in [2.45, 2.75) is 64.6 Å². The largest absolute Gasteiger partial charge is 0.500 e. The lowest BCUT2D eigenvalue weighted by atomic mass is 9.81. The fraction of sp³-hybridized carbons (Fsp3) is 1.00. The summed E-state index contributed by atoms with van der Waals surface area (Å²) in [4.78, 5) is 2.32. The van der Waals surface area contributed by atoms with Crippen LogP contribution in [-0.2, 0) is 22.8 Å². The topological polar surface area (TPSA) is 69.6 Å². The van der Waals surface area contributed by atoms with E-state index in [1.165, 1.54) is 0 Å². The van der Waals surface area contributed by atoms with Crippen LogP contribution in [0.3, 0.4) is 0 Å². The SMILES string of the molecule is CCO[Si](CCC1CCC(O)C(N(CCOC)CCOC)C1)(OCC)OCC. The van der Waals surface area contributed by atoms with Gasteiger partial charge in [-0.2, -0.15) is 0 Å². The van der Waals surface area contributed by atoms with Crippen molar-refractivity contribution in [2.24, 2.45) is 5.92 Å². The summed E-state index contributed by atoms with van der Waals surface area (Å²) >= 11 is 0. The molecule has 7 nitrogen and oxygen atoms in total. The number of methoxy groups -OCH3 is 2. The van der Waals surface area contributed by atoms with Gasteiger partial charge in [0.05, 0.1) is 19.3 Å². The van der Waals surface area contributed by atoms with E-state index in [9.17, 15) is 5.11 Å². The van der Waals surface area contributed by atoms with Crippen molar-refractivity contribution < 1.29 is 27.9 Å². The Balaban J connectivity index is 2.72. The number of nitrogens with zero attached hydrogens (tertiary/aromatic N) is 1. The molecule has 0 spiro atoms. The lowest BCUT2D eigenvalue weighted by molar-refractivity contribution is -0.0159.